The van der Waals surface area contributed by atoms with Gasteiger partial charge in [0.15, 0.2) is 0 Å². The third-order valence-electron chi connectivity index (χ3n) is 3.36. The summed E-state index contributed by atoms with van der Waals surface area (Å²) in [4.78, 5) is 24.9. The quantitative estimate of drug-likeness (QED) is 0.796. The summed E-state index contributed by atoms with van der Waals surface area (Å²) in [5.41, 5.74) is 1.08. The van der Waals surface area contributed by atoms with E-state index in [0.29, 0.717) is 12.3 Å². The molecule has 0 radical (unpaired) electrons. The van der Waals surface area contributed by atoms with Gasteiger partial charge in [-0.25, -0.2) is 9.59 Å². The van der Waals surface area contributed by atoms with Crippen molar-refractivity contribution in [2.45, 2.75) is 5.92 Å². The third kappa shape index (κ3) is 2.84. The van der Waals surface area contributed by atoms with Crippen LogP contribution in [-0.2, 0) is 14.3 Å². The molecule has 1 aromatic rings. The maximum Gasteiger partial charge on any atom is 0.414 e. The number of rotatable bonds is 3. The maximum absolute atomic E-state index is 11.8. The number of hydrogen-bond donors (Lipinski definition) is 0. The van der Waals surface area contributed by atoms with Crippen molar-refractivity contribution in [1.82, 2.24) is 4.90 Å². The van der Waals surface area contributed by atoms with Crippen LogP contribution >= 0.6 is 0 Å². The zero-order chi connectivity index (χ0) is 15.4. The first-order chi connectivity index (χ1) is 10.1. The predicted molar refractivity (Wildman–Crippen MR) is 74.9 cm³/mol. The molecule has 1 heterocycles. The average Bonchev–Trinajstić information content (AvgIpc) is 2.98. The molecular formula is C15H17NO5. The molecule has 1 atom stereocenters. The molecule has 6 heteroatoms. The second-order valence-corrected chi connectivity index (χ2v) is 4.47. The van der Waals surface area contributed by atoms with E-state index < -0.39 is 12.1 Å². The molecule has 1 amide bonds. The van der Waals surface area contributed by atoms with Crippen molar-refractivity contribution in [3.63, 3.8) is 0 Å². The van der Waals surface area contributed by atoms with Crippen LogP contribution in [0.3, 0.4) is 0 Å². The summed E-state index contributed by atoms with van der Waals surface area (Å²) in [6, 6.07) is 7.47. The second kappa shape index (κ2) is 6.30. The third-order valence-corrected chi connectivity index (χ3v) is 3.36. The predicted octanol–water partition coefficient (Wildman–Crippen LogP) is 1.92. The Morgan fingerprint density at radius 2 is 1.86 bits per heavy atom. The number of nitrogens with zero attached hydrogens (tertiary/aromatic N) is 1. The lowest BCUT2D eigenvalue weighted by Gasteiger charge is -2.19. The molecular weight excluding hydrogens is 274 g/mol. The Kier molecular flexibility index (Phi) is 4.47. The van der Waals surface area contributed by atoms with Gasteiger partial charge in [-0.3, -0.25) is 4.90 Å². The van der Waals surface area contributed by atoms with Crippen LogP contribution in [0.15, 0.2) is 36.0 Å². The van der Waals surface area contributed by atoms with E-state index >= 15 is 0 Å². The summed E-state index contributed by atoms with van der Waals surface area (Å²) in [6.45, 7) is 0.303. The molecule has 0 bridgehead atoms. The Labute approximate surface area is 122 Å². The van der Waals surface area contributed by atoms with Gasteiger partial charge in [-0.1, -0.05) is 18.2 Å². The van der Waals surface area contributed by atoms with E-state index in [9.17, 15) is 9.59 Å². The zero-order valence-corrected chi connectivity index (χ0v) is 12.2. The van der Waals surface area contributed by atoms with Crippen LogP contribution in [0.5, 0.6) is 5.75 Å². The van der Waals surface area contributed by atoms with Crippen LogP contribution < -0.4 is 4.74 Å². The summed E-state index contributed by atoms with van der Waals surface area (Å²) >= 11 is 0. The fourth-order valence-electron chi connectivity index (χ4n) is 2.36. The largest absolute Gasteiger partial charge is 0.496 e. The van der Waals surface area contributed by atoms with E-state index in [1.807, 2.05) is 24.3 Å². The highest BCUT2D eigenvalue weighted by Crippen LogP contribution is 2.34. The molecule has 0 aromatic heterocycles. The van der Waals surface area contributed by atoms with Crippen molar-refractivity contribution in [2.24, 2.45) is 0 Å². The SMILES string of the molecule is COC(=O)C1=C[C@@H](c2ccccc2OC)CN1C(=O)OC. The molecule has 0 unspecified atom stereocenters. The van der Waals surface area contributed by atoms with Crippen molar-refractivity contribution < 1.29 is 23.8 Å². The van der Waals surface area contributed by atoms with E-state index in [0.717, 1.165) is 5.56 Å². The Hall–Kier alpha value is -2.50. The molecule has 1 aliphatic heterocycles. The van der Waals surface area contributed by atoms with Gasteiger partial charge in [-0.15, -0.1) is 0 Å². The number of para-hydroxylation sites is 1. The monoisotopic (exact) mass is 291 g/mol. The average molecular weight is 291 g/mol. The molecule has 0 spiro atoms. The summed E-state index contributed by atoms with van der Waals surface area (Å²) in [6.07, 6.45) is 1.10. The van der Waals surface area contributed by atoms with Gasteiger partial charge in [-0.05, 0) is 12.1 Å². The maximum atomic E-state index is 11.8. The van der Waals surface area contributed by atoms with Crippen molar-refractivity contribution in [3.05, 3.63) is 41.6 Å². The summed E-state index contributed by atoms with van der Waals surface area (Å²) in [7, 11) is 4.12. The minimum Gasteiger partial charge on any atom is -0.496 e. The van der Waals surface area contributed by atoms with Crippen LogP contribution in [-0.4, -0.2) is 44.8 Å². The van der Waals surface area contributed by atoms with Crippen molar-refractivity contribution in [3.8, 4) is 5.75 Å². The fraction of sp³-hybridized carbons (Fsp3) is 0.333. The van der Waals surface area contributed by atoms with Gasteiger partial charge in [0.1, 0.15) is 11.4 Å². The topological polar surface area (TPSA) is 65.1 Å². The molecule has 0 fully saturated rings. The minimum atomic E-state index is -0.593. The van der Waals surface area contributed by atoms with E-state index in [2.05, 4.69) is 0 Å². The molecule has 0 aliphatic carbocycles. The number of hydrogen-bond acceptors (Lipinski definition) is 5. The highest BCUT2D eigenvalue weighted by atomic mass is 16.5. The van der Waals surface area contributed by atoms with E-state index in [-0.39, 0.29) is 11.6 Å². The van der Waals surface area contributed by atoms with Crippen LogP contribution in [0.4, 0.5) is 4.79 Å². The van der Waals surface area contributed by atoms with E-state index in [1.165, 1.54) is 19.1 Å². The number of benzene rings is 1. The summed E-state index contributed by atoms with van der Waals surface area (Å²) in [5.74, 6) is -0.0261. The van der Waals surface area contributed by atoms with Crippen LogP contribution in [0.1, 0.15) is 11.5 Å². The minimum absolute atomic E-state index is 0.158. The zero-order valence-electron chi connectivity index (χ0n) is 12.2. The Morgan fingerprint density at radius 1 is 1.14 bits per heavy atom. The van der Waals surface area contributed by atoms with Crippen molar-refractivity contribution >= 4 is 12.1 Å². The van der Waals surface area contributed by atoms with Gasteiger partial charge in [0.25, 0.3) is 0 Å². The first kappa shape index (κ1) is 14.9. The van der Waals surface area contributed by atoms with Crippen molar-refractivity contribution in [1.29, 1.82) is 0 Å². The molecule has 0 N–H and O–H groups in total. The molecule has 0 saturated carbocycles. The molecule has 21 heavy (non-hydrogen) atoms. The number of methoxy groups -OCH3 is 3. The lowest BCUT2D eigenvalue weighted by atomic mass is 9.99. The number of carbonyl (C=O) groups excluding carboxylic acids is 2. The molecule has 112 valence electrons. The summed E-state index contributed by atoms with van der Waals surface area (Å²) in [5, 5.41) is 0. The van der Waals surface area contributed by atoms with Crippen LogP contribution in [0.25, 0.3) is 0 Å². The first-order valence-corrected chi connectivity index (χ1v) is 6.41. The molecule has 1 aliphatic rings. The molecule has 6 nitrogen and oxygen atoms in total. The highest BCUT2D eigenvalue weighted by Gasteiger charge is 2.35. The summed E-state index contributed by atoms with van der Waals surface area (Å²) < 4.78 is 14.7. The Morgan fingerprint density at radius 3 is 2.48 bits per heavy atom. The smallest absolute Gasteiger partial charge is 0.414 e. The second-order valence-electron chi connectivity index (χ2n) is 4.47. The highest BCUT2D eigenvalue weighted by molar-refractivity contribution is 5.93. The van der Waals surface area contributed by atoms with E-state index in [1.54, 1.807) is 13.2 Å². The molecule has 2 rings (SSSR count). The molecule has 1 aromatic carbocycles. The van der Waals surface area contributed by atoms with Gasteiger partial charge in [-0.2, -0.15) is 0 Å². The van der Waals surface area contributed by atoms with Gasteiger partial charge in [0.2, 0.25) is 0 Å². The van der Waals surface area contributed by atoms with Gasteiger partial charge < -0.3 is 14.2 Å². The van der Waals surface area contributed by atoms with Gasteiger partial charge >= 0.3 is 12.1 Å². The van der Waals surface area contributed by atoms with Gasteiger partial charge in [0.05, 0.1) is 21.3 Å². The lowest BCUT2D eigenvalue weighted by molar-refractivity contribution is -0.137. The number of amides is 1. The first-order valence-electron chi connectivity index (χ1n) is 6.41. The number of esters is 1. The number of ether oxygens (including phenoxy) is 3. The Bertz CT molecular complexity index is 581. The standard InChI is InChI=1S/C15H17NO5/c1-19-13-7-5-4-6-11(13)10-8-12(14(17)20-2)16(9-10)15(18)21-3/h4-8,10H,9H2,1-3H3/t10-/m1/s1. The lowest BCUT2D eigenvalue weighted by Crippen LogP contribution is -2.32. The van der Waals surface area contributed by atoms with Crippen molar-refractivity contribution in [2.75, 3.05) is 27.9 Å². The van der Waals surface area contributed by atoms with Crippen LogP contribution in [0, 0.1) is 0 Å². The normalized spacial score (nSPS) is 17.2. The fourth-order valence-corrected chi connectivity index (χ4v) is 2.36. The van der Waals surface area contributed by atoms with Crippen LogP contribution in [0.2, 0.25) is 0 Å². The van der Waals surface area contributed by atoms with Gasteiger partial charge in [0, 0.05) is 18.0 Å². The Balaban J connectivity index is 2.37. The number of carbonyl (C=O) groups is 2. The molecule has 0 saturated heterocycles. The van der Waals surface area contributed by atoms with E-state index in [4.69, 9.17) is 14.2 Å².